The normalized spacial score (nSPS) is 18.0. The zero-order valence-corrected chi connectivity index (χ0v) is 15.6. The fraction of sp³-hybridized carbons (Fsp3) is 0.632. The van der Waals surface area contributed by atoms with Gasteiger partial charge in [-0.3, -0.25) is 9.78 Å². The predicted molar refractivity (Wildman–Crippen MR) is 96.2 cm³/mol. The van der Waals surface area contributed by atoms with E-state index >= 15 is 0 Å². The quantitative estimate of drug-likeness (QED) is 0.688. The number of aromatic nitrogens is 4. The van der Waals surface area contributed by atoms with Crippen molar-refractivity contribution in [3.63, 3.8) is 0 Å². The van der Waals surface area contributed by atoms with E-state index in [1.165, 1.54) is 31.9 Å². The fourth-order valence-corrected chi connectivity index (χ4v) is 3.59. The summed E-state index contributed by atoms with van der Waals surface area (Å²) in [4.78, 5) is 26.8. The van der Waals surface area contributed by atoms with E-state index in [9.17, 15) is 4.79 Å². The summed E-state index contributed by atoms with van der Waals surface area (Å²) in [6.07, 6.45) is 9.02. The third kappa shape index (κ3) is 4.32. The van der Waals surface area contributed by atoms with Crippen molar-refractivity contribution in [2.75, 3.05) is 26.3 Å². The van der Waals surface area contributed by atoms with Gasteiger partial charge in [0.15, 0.2) is 5.82 Å². The lowest BCUT2D eigenvalue weighted by Gasteiger charge is -2.36. The Morgan fingerprint density at radius 3 is 2.81 bits per heavy atom. The zero-order chi connectivity index (χ0) is 18.6. The van der Waals surface area contributed by atoms with Gasteiger partial charge in [-0.05, 0) is 25.7 Å². The van der Waals surface area contributed by atoms with E-state index in [0.29, 0.717) is 43.5 Å². The van der Waals surface area contributed by atoms with Crippen LogP contribution in [0.4, 0.5) is 0 Å². The average Bonchev–Trinajstić information content (AvgIpc) is 3.30. The molecule has 2 aromatic heterocycles. The minimum Gasteiger partial charge on any atom is -0.381 e. The topological polar surface area (TPSA) is 94.2 Å². The molecule has 4 rings (SSSR count). The van der Waals surface area contributed by atoms with E-state index in [2.05, 4.69) is 20.1 Å². The third-order valence-electron chi connectivity index (χ3n) is 5.30. The largest absolute Gasteiger partial charge is 0.381 e. The Balaban J connectivity index is 1.20. The van der Waals surface area contributed by atoms with Gasteiger partial charge in [-0.25, -0.2) is 4.98 Å². The van der Waals surface area contributed by atoms with Crippen LogP contribution >= 0.6 is 0 Å². The Morgan fingerprint density at radius 2 is 2.07 bits per heavy atom. The minimum absolute atomic E-state index is 0.0908. The van der Waals surface area contributed by atoms with Crippen LogP contribution < -0.4 is 0 Å². The number of ether oxygens (including phenoxy) is 1. The molecule has 1 saturated heterocycles. The number of nitrogens with zero attached hydrogens (tertiary/aromatic N) is 5. The van der Waals surface area contributed by atoms with E-state index in [4.69, 9.17) is 9.26 Å². The Kier molecular flexibility index (Phi) is 5.42. The number of amides is 1. The van der Waals surface area contributed by atoms with Crippen molar-refractivity contribution in [1.82, 2.24) is 25.0 Å². The summed E-state index contributed by atoms with van der Waals surface area (Å²) >= 11 is 0. The van der Waals surface area contributed by atoms with Crippen LogP contribution in [0, 0.1) is 12.8 Å². The Bertz CT molecular complexity index is 764. The van der Waals surface area contributed by atoms with Gasteiger partial charge in [0.25, 0.3) is 5.91 Å². The molecule has 0 aromatic carbocycles. The second kappa shape index (κ2) is 8.12. The van der Waals surface area contributed by atoms with Crippen LogP contribution in [0.5, 0.6) is 0 Å². The van der Waals surface area contributed by atoms with Crippen LogP contribution in [-0.4, -0.2) is 57.2 Å². The highest BCUT2D eigenvalue weighted by molar-refractivity contribution is 5.92. The van der Waals surface area contributed by atoms with Crippen LogP contribution in [-0.2, 0) is 11.2 Å². The molecule has 3 heterocycles. The molecular formula is C19H25N5O3. The van der Waals surface area contributed by atoms with Crippen molar-refractivity contribution >= 4 is 5.91 Å². The molecule has 8 nitrogen and oxygen atoms in total. The number of carbonyl (C=O) groups is 1. The number of carbonyl (C=O) groups excluding carboxylic acids is 1. The van der Waals surface area contributed by atoms with Crippen molar-refractivity contribution < 1.29 is 14.1 Å². The van der Waals surface area contributed by atoms with Crippen LogP contribution in [0.15, 0.2) is 16.9 Å². The smallest absolute Gasteiger partial charge is 0.274 e. The van der Waals surface area contributed by atoms with Gasteiger partial charge in [0.05, 0.1) is 24.4 Å². The molecule has 1 amide bonds. The first-order chi connectivity index (χ1) is 13.2. The average molecular weight is 371 g/mol. The molecule has 0 atom stereocenters. The SMILES string of the molecule is Cc1cnc(C(=O)N2CC(c3nc(CCOCC4CCCC4)no3)C2)cn1. The highest BCUT2D eigenvalue weighted by atomic mass is 16.5. The lowest BCUT2D eigenvalue weighted by molar-refractivity contribution is 0.0562. The van der Waals surface area contributed by atoms with Gasteiger partial charge in [-0.15, -0.1) is 0 Å². The molecule has 144 valence electrons. The van der Waals surface area contributed by atoms with Crippen molar-refractivity contribution in [2.45, 2.75) is 44.9 Å². The molecule has 2 aromatic rings. The first kappa shape index (κ1) is 18.0. The molecule has 0 radical (unpaired) electrons. The van der Waals surface area contributed by atoms with Crippen molar-refractivity contribution in [1.29, 1.82) is 0 Å². The number of hydrogen-bond acceptors (Lipinski definition) is 7. The van der Waals surface area contributed by atoms with E-state index in [1.807, 2.05) is 6.92 Å². The molecule has 8 heteroatoms. The number of likely N-dealkylation sites (tertiary alicyclic amines) is 1. The predicted octanol–water partition coefficient (Wildman–Crippen LogP) is 2.16. The molecule has 0 bridgehead atoms. The summed E-state index contributed by atoms with van der Waals surface area (Å²) in [6.45, 7) is 4.43. The van der Waals surface area contributed by atoms with Gasteiger partial charge in [0.1, 0.15) is 5.69 Å². The molecular weight excluding hydrogens is 346 g/mol. The highest BCUT2D eigenvalue weighted by Gasteiger charge is 2.36. The van der Waals surface area contributed by atoms with Gasteiger partial charge >= 0.3 is 0 Å². The van der Waals surface area contributed by atoms with Gasteiger partial charge in [0.2, 0.25) is 5.89 Å². The summed E-state index contributed by atoms with van der Waals surface area (Å²) in [6, 6.07) is 0. The first-order valence-electron chi connectivity index (χ1n) is 9.67. The molecule has 1 aliphatic carbocycles. The van der Waals surface area contributed by atoms with Crippen molar-refractivity contribution in [3.05, 3.63) is 35.5 Å². The molecule has 2 fully saturated rings. The van der Waals surface area contributed by atoms with E-state index in [-0.39, 0.29) is 11.8 Å². The van der Waals surface area contributed by atoms with Gasteiger partial charge in [0, 0.05) is 32.3 Å². The second-order valence-corrected chi connectivity index (χ2v) is 7.47. The van der Waals surface area contributed by atoms with Crippen LogP contribution in [0.25, 0.3) is 0 Å². The van der Waals surface area contributed by atoms with E-state index in [1.54, 1.807) is 11.1 Å². The maximum atomic E-state index is 12.3. The highest BCUT2D eigenvalue weighted by Crippen LogP contribution is 2.27. The number of hydrogen-bond donors (Lipinski definition) is 0. The second-order valence-electron chi connectivity index (χ2n) is 7.47. The Morgan fingerprint density at radius 1 is 1.26 bits per heavy atom. The summed E-state index contributed by atoms with van der Waals surface area (Å²) in [5.41, 5.74) is 1.16. The summed E-state index contributed by atoms with van der Waals surface area (Å²) < 4.78 is 11.1. The van der Waals surface area contributed by atoms with Gasteiger partial charge < -0.3 is 14.2 Å². The van der Waals surface area contributed by atoms with Crippen molar-refractivity contribution in [2.24, 2.45) is 5.92 Å². The van der Waals surface area contributed by atoms with Gasteiger partial charge in [-0.2, -0.15) is 4.98 Å². The molecule has 0 unspecified atom stereocenters. The molecule has 27 heavy (non-hydrogen) atoms. The molecule has 0 N–H and O–H groups in total. The summed E-state index contributed by atoms with van der Waals surface area (Å²) in [5, 5.41) is 4.03. The molecule has 0 spiro atoms. The standard InChI is InChI=1S/C19H25N5O3/c1-13-8-21-16(9-20-13)19(25)24-10-15(11-24)18-22-17(23-27-18)6-7-26-12-14-4-2-3-5-14/h8-9,14-15H,2-7,10-12H2,1H3. The monoisotopic (exact) mass is 371 g/mol. The van der Waals surface area contributed by atoms with Crippen LogP contribution in [0.1, 0.15) is 59.5 Å². The van der Waals surface area contributed by atoms with Crippen LogP contribution in [0.3, 0.4) is 0 Å². The summed E-state index contributed by atoms with van der Waals surface area (Å²) in [5.74, 6) is 1.97. The third-order valence-corrected chi connectivity index (χ3v) is 5.30. The summed E-state index contributed by atoms with van der Waals surface area (Å²) in [7, 11) is 0. The Labute approximate surface area is 158 Å². The minimum atomic E-state index is -0.112. The number of aryl methyl sites for hydroxylation is 1. The van der Waals surface area contributed by atoms with Crippen LogP contribution in [0.2, 0.25) is 0 Å². The maximum Gasteiger partial charge on any atom is 0.274 e. The number of rotatable bonds is 7. The maximum absolute atomic E-state index is 12.3. The van der Waals surface area contributed by atoms with E-state index < -0.39 is 0 Å². The van der Waals surface area contributed by atoms with Gasteiger partial charge in [-0.1, -0.05) is 18.0 Å². The lowest BCUT2D eigenvalue weighted by atomic mass is 10.00. The first-order valence-corrected chi connectivity index (χ1v) is 9.67. The molecule has 1 aliphatic heterocycles. The lowest BCUT2D eigenvalue weighted by Crippen LogP contribution is -2.48. The fourth-order valence-electron chi connectivity index (χ4n) is 3.59. The Hall–Kier alpha value is -2.35. The van der Waals surface area contributed by atoms with E-state index in [0.717, 1.165) is 18.2 Å². The van der Waals surface area contributed by atoms with Crippen molar-refractivity contribution in [3.8, 4) is 0 Å². The molecule has 2 aliphatic rings. The molecule has 1 saturated carbocycles. The zero-order valence-electron chi connectivity index (χ0n) is 15.6.